The van der Waals surface area contributed by atoms with Gasteiger partial charge in [0.25, 0.3) is 0 Å². The lowest BCUT2D eigenvalue weighted by Gasteiger charge is -2.22. The largest absolute Gasteiger partial charge is 0.497 e. The maximum absolute atomic E-state index is 12.5. The first-order chi connectivity index (χ1) is 14.0. The number of benzene rings is 2. The highest BCUT2D eigenvalue weighted by atomic mass is 35.5. The number of nitrogens with zero attached hydrogens (tertiary/aromatic N) is 1. The fraction of sp³-hybridized carbons (Fsp3) is 0.409. The Balaban J connectivity index is 1.51. The van der Waals surface area contributed by atoms with Crippen LogP contribution in [0, 0.1) is 0 Å². The number of amides is 1. The third kappa shape index (κ3) is 5.55. The summed E-state index contributed by atoms with van der Waals surface area (Å²) in [6.45, 7) is 3.64. The number of carbonyl (C=O) groups excluding carboxylic acids is 1. The zero-order valence-electron chi connectivity index (χ0n) is 17.0. The van der Waals surface area contributed by atoms with Gasteiger partial charge in [-0.1, -0.05) is 23.7 Å². The van der Waals surface area contributed by atoms with E-state index in [9.17, 15) is 4.79 Å². The number of methoxy groups -OCH3 is 2. The predicted molar refractivity (Wildman–Crippen MR) is 114 cm³/mol. The van der Waals surface area contributed by atoms with Crippen LogP contribution in [0.1, 0.15) is 18.9 Å². The van der Waals surface area contributed by atoms with E-state index >= 15 is 0 Å². The van der Waals surface area contributed by atoms with Crippen LogP contribution < -0.4 is 19.7 Å². The van der Waals surface area contributed by atoms with Gasteiger partial charge in [0.15, 0.2) is 0 Å². The molecule has 2 aromatic carbocycles. The van der Waals surface area contributed by atoms with Crippen molar-refractivity contribution in [3.05, 3.63) is 53.1 Å². The second-order valence-electron chi connectivity index (χ2n) is 7.06. The van der Waals surface area contributed by atoms with E-state index in [2.05, 4.69) is 10.2 Å². The van der Waals surface area contributed by atoms with Gasteiger partial charge in [-0.05, 0) is 49.2 Å². The van der Waals surface area contributed by atoms with Crippen LogP contribution in [0.2, 0.25) is 5.02 Å². The first kappa shape index (κ1) is 21.3. The van der Waals surface area contributed by atoms with E-state index in [1.165, 1.54) is 0 Å². The van der Waals surface area contributed by atoms with Crippen molar-refractivity contribution in [2.75, 3.05) is 32.2 Å². The van der Waals surface area contributed by atoms with E-state index in [1.807, 2.05) is 36.4 Å². The van der Waals surface area contributed by atoms with Gasteiger partial charge in [0.1, 0.15) is 17.6 Å². The van der Waals surface area contributed by atoms with Crippen molar-refractivity contribution >= 4 is 23.2 Å². The fourth-order valence-electron chi connectivity index (χ4n) is 3.38. The van der Waals surface area contributed by atoms with Crippen LogP contribution in [0.15, 0.2) is 42.5 Å². The minimum absolute atomic E-state index is 0.0501. The SMILES string of the molecule is COc1cccc(COC(C)C(=O)NC2CCN(c3cc(Cl)ccc3OC)C2)c1. The van der Waals surface area contributed by atoms with Crippen LogP contribution >= 0.6 is 11.6 Å². The van der Waals surface area contributed by atoms with Crippen LogP contribution in [0.5, 0.6) is 11.5 Å². The molecule has 0 radical (unpaired) electrons. The Morgan fingerprint density at radius 3 is 2.83 bits per heavy atom. The number of anilines is 1. The average molecular weight is 419 g/mol. The Labute approximate surface area is 176 Å². The van der Waals surface area contributed by atoms with E-state index in [-0.39, 0.29) is 11.9 Å². The van der Waals surface area contributed by atoms with Crippen molar-refractivity contribution in [3.63, 3.8) is 0 Å². The van der Waals surface area contributed by atoms with Gasteiger partial charge >= 0.3 is 0 Å². The van der Waals surface area contributed by atoms with E-state index in [1.54, 1.807) is 27.2 Å². The number of nitrogens with one attached hydrogen (secondary N) is 1. The first-order valence-electron chi connectivity index (χ1n) is 9.63. The minimum Gasteiger partial charge on any atom is -0.497 e. The smallest absolute Gasteiger partial charge is 0.249 e. The maximum atomic E-state index is 12.5. The van der Waals surface area contributed by atoms with Gasteiger partial charge in [0, 0.05) is 24.2 Å². The molecule has 1 heterocycles. The van der Waals surface area contributed by atoms with Crippen molar-refractivity contribution < 1.29 is 19.0 Å². The summed E-state index contributed by atoms with van der Waals surface area (Å²) >= 11 is 6.14. The molecule has 7 heteroatoms. The molecule has 0 aliphatic carbocycles. The minimum atomic E-state index is -0.545. The van der Waals surface area contributed by atoms with Gasteiger partial charge in [0.2, 0.25) is 5.91 Å². The summed E-state index contributed by atoms with van der Waals surface area (Å²) in [7, 11) is 3.27. The molecular weight excluding hydrogens is 392 g/mol. The molecule has 1 N–H and O–H groups in total. The molecule has 1 amide bonds. The Hall–Kier alpha value is -2.44. The molecule has 6 nitrogen and oxygen atoms in total. The summed E-state index contributed by atoms with van der Waals surface area (Å²) in [5, 5.41) is 3.75. The molecule has 156 valence electrons. The van der Waals surface area contributed by atoms with Gasteiger partial charge in [0.05, 0.1) is 26.5 Å². The van der Waals surface area contributed by atoms with E-state index in [0.717, 1.165) is 35.7 Å². The van der Waals surface area contributed by atoms with Crippen LogP contribution in [0.25, 0.3) is 0 Å². The van der Waals surface area contributed by atoms with E-state index in [4.69, 9.17) is 25.8 Å². The number of ether oxygens (including phenoxy) is 3. The first-order valence-corrected chi connectivity index (χ1v) is 10.0. The lowest BCUT2D eigenvalue weighted by molar-refractivity contribution is -0.133. The molecule has 2 unspecified atom stereocenters. The number of hydrogen-bond donors (Lipinski definition) is 1. The topological polar surface area (TPSA) is 60.0 Å². The Morgan fingerprint density at radius 2 is 2.07 bits per heavy atom. The van der Waals surface area contributed by atoms with Crippen LogP contribution in [0.3, 0.4) is 0 Å². The lowest BCUT2D eigenvalue weighted by Crippen LogP contribution is -2.42. The van der Waals surface area contributed by atoms with Crippen LogP contribution in [0.4, 0.5) is 5.69 Å². The Bertz CT molecular complexity index is 845. The molecule has 0 spiro atoms. The second-order valence-corrected chi connectivity index (χ2v) is 7.50. The summed E-state index contributed by atoms with van der Waals surface area (Å²) < 4.78 is 16.4. The van der Waals surface area contributed by atoms with Crippen LogP contribution in [-0.2, 0) is 16.1 Å². The van der Waals surface area contributed by atoms with Crippen molar-refractivity contribution in [1.82, 2.24) is 5.32 Å². The molecule has 0 saturated carbocycles. The summed E-state index contributed by atoms with van der Waals surface area (Å²) in [4.78, 5) is 14.7. The molecule has 0 aromatic heterocycles. The van der Waals surface area contributed by atoms with Crippen molar-refractivity contribution in [3.8, 4) is 11.5 Å². The molecule has 1 aliphatic rings. The average Bonchev–Trinajstić information content (AvgIpc) is 3.20. The molecule has 1 aliphatic heterocycles. The summed E-state index contributed by atoms with van der Waals surface area (Å²) in [5.41, 5.74) is 1.91. The van der Waals surface area contributed by atoms with Gasteiger partial charge in [-0.3, -0.25) is 4.79 Å². The van der Waals surface area contributed by atoms with E-state index in [0.29, 0.717) is 18.2 Å². The molecule has 3 rings (SSSR count). The third-order valence-electron chi connectivity index (χ3n) is 5.02. The summed E-state index contributed by atoms with van der Waals surface area (Å²) in [6, 6.07) is 13.2. The highest BCUT2D eigenvalue weighted by molar-refractivity contribution is 6.30. The zero-order valence-corrected chi connectivity index (χ0v) is 17.7. The Morgan fingerprint density at radius 1 is 1.24 bits per heavy atom. The zero-order chi connectivity index (χ0) is 20.8. The molecular formula is C22H27ClN2O4. The molecule has 1 fully saturated rings. The quantitative estimate of drug-likeness (QED) is 0.709. The normalized spacial score (nSPS) is 17.1. The highest BCUT2D eigenvalue weighted by Crippen LogP contribution is 2.33. The number of halogens is 1. The van der Waals surface area contributed by atoms with Crippen molar-refractivity contribution in [1.29, 1.82) is 0 Å². The maximum Gasteiger partial charge on any atom is 0.249 e. The fourth-order valence-corrected chi connectivity index (χ4v) is 3.55. The third-order valence-corrected chi connectivity index (χ3v) is 5.25. The van der Waals surface area contributed by atoms with Crippen molar-refractivity contribution in [2.45, 2.75) is 32.1 Å². The second kappa shape index (κ2) is 9.85. The molecule has 1 saturated heterocycles. The van der Waals surface area contributed by atoms with E-state index < -0.39 is 6.10 Å². The molecule has 2 atom stereocenters. The number of hydrogen-bond acceptors (Lipinski definition) is 5. The molecule has 29 heavy (non-hydrogen) atoms. The van der Waals surface area contributed by atoms with Gasteiger partial charge in [-0.2, -0.15) is 0 Å². The van der Waals surface area contributed by atoms with Gasteiger partial charge in [-0.25, -0.2) is 0 Å². The summed E-state index contributed by atoms with van der Waals surface area (Å²) in [5.74, 6) is 1.43. The highest BCUT2D eigenvalue weighted by Gasteiger charge is 2.27. The van der Waals surface area contributed by atoms with Crippen molar-refractivity contribution in [2.24, 2.45) is 0 Å². The monoisotopic (exact) mass is 418 g/mol. The molecule has 2 aromatic rings. The van der Waals surface area contributed by atoms with Gasteiger partial charge in [-0.15, -0.1) is 0 Å². The molecule has 0 bridgehead atoms. The lowest BCUT2D eigenvalue weighted by atomic mass is 10.2. The predicted octanol–water partition coefficient (Wildman–Crippen LogP) is 3.66. The summed E-state index contributed by atoms with van der Waals surface area (Å²) in [6.07, 6.45) is 0.306. The van der Waals surface area contributed by atoms with Crippen LogP contribution in [-0.4, -0.2) is 45.4 Å². The Kier molecular flexibility index (Phi) is 7.23. The standard InChI is InChI=1S/C22H27ClN2O4/c1-15(29-14-16-5-4-6-19(11-16)27-2)22(26)24-18-9-10-25(13-18)20-12-17(23)7-8-21(20)28-3/h4-8,11-12,15,18H,9-10,13-14H2,1-3H3,(H,24,26). The number of rotatable bonds is 8. The van der Waals surface area contributed by atoms with Gasteiger partial charge < -0.3 is 24.4 Å². The number of carbonyl (C=O) groups is 1.